The Balaban J connectivity index is 1.84. The van der Waals surface area contributed by atoms with Crippen molar-refractivity contribution in [2.24, 2.45) is 0 Å². The lowest BCUT2D eigenvalue weighted by Gasteiger charge is -2.08. The molecule has 0 spiro atoms. The van der Waals surface area contributed by atoms with Crippen LogP contribution in [0.5, 0.6) is 11.5 Å². The molecular formula is C19H24O2S2. The third-order valence-electron chi connectivity index (χ3n) is 3.40. The second-order valence-electron chi connectivity index (χ2n) is 5.32. The van der Waals surface area contributed by atoms with Gasteiger partial charge in [0.2, 0.25) is 0 Å². The van der Waals surface area contributed by atoms with Gasteiger partial charge in [-0.25, -0.2) is 0 Å². The molecule has 0 unspecified atom stereocenters. The zero-order valence-electron chi connectivity index (χ0n) is 13.3. The molecular weight excluding hydrogens is 324 g/mol. The Bertz CT molecular complexity index is 501. The summed E-state index contributed by atoms with van der Waals surface area (Å²) in [5.41, 5.74) is 2.55. The normalized spacial score (nSPS) is 10.5. The molecule has 2 aromatic carbocycles. The van der Waals surface area contributed by atoms with Crippen LogP contribution in [-0.4, -0.2) is 24.7 Å². The first kappa shape index (κ1) is 18.1. The number of ether oxygens (including phenoxy) is 2. The standard InChI is InChI=1S/C19H24O2S2/c22-13-1-11-20-18-7-3-16(4-8-18)15-17-5-9-19(10-6-17)21-12-2-14-23/h3-10,22-23H,1-2,11-15H2. The SMILES string of the molecule is SCCCOc1ccc(Cc2ccc(OCCCS)cc2)cc1. The van der Waals surface area contributed by atoms with Gasteiger partial charge in [0.15, 0.2) is 0 Å². The minimum absolute atomic E-state index is 0.720. The molecule has 2 nitrogen and oxygen atoms in total. The summed E-state index contributed by atoms with van der Waals surface area (Å²) in [5, 5.41) is 0. The lowest BCUT2D eigenvalue weighted by molar-refractivity contribution is 0.319. The summed E-state index contributed by atoms with van der Waals surface area (Å²) < 4.78 is 11.3. The Labute approximate surface area is 150 Å². The van der Waals surface area contributed by atoms with Gasteiger partial charge in [-0.05, 0) is 66.2 Å². The maximum absolute atomic E-state index is 5.64. The van der Waals surface area contributed by atoms with Gasteiger partial charge in [-0.2, -0.15) is 25.3 Å². The summed E-state index contributed by atoms with van der Waals surface area (Å²) in [7, 11) is 0. The van der Waals surface area contributed by atoms with Gasteiger partial charge in [0.25, 0.3) is 0 Å². The van der Waals surface area contributed by atoms with Crippen LogP contribution in [0.1, 0.15) is 24.0 Å². The maximum Gasteiger partial charge on any atom is 0.119 e. The monoisotopic (exact) mass is 348 g/mol. The summed E-state index contributed by atoms with van der Waals surface area (Å²) >= 11 is 8.35. The lowest BCUT2D eigenvalue weighted by Crippen LogP contribution is -1.98. The molecule has 124 valence electrons. The fourth-order valence-corrected chi connectivity index (χ4v) is 2.41. The number of rotatable bonds is 10. The largest absolute Gasteiger partial charge is 0.494 e. The van der Waals surface area contributed by atoms with Crippen LogP contribution in [0.25, 0.3) is 0 Å². The Morgan fingerprint density at radius 1 is 0.609 bits per heavy atom. The zero-order valence-corrected chi connectivity index (χ0v) is 15.1. The van der Waals surface area contributed by atoms with E-state index in [9.17, 15) is 0 Å². The van der Waals surface area contributed by atoms with Crippen LogP contribution in [0, 0.1) is 0 Å². The highest BCUT2D eigenvalue weighted by Gasteiger charge is 2.00. The smallest absolute Gasteiger partial charge is 0.119 e. The summed E-state index contributed by atoms with van der Waals surface area (Å²) in [4.78, 5) is 0. The van der Waals surface area contributed by atoms with Crippen molar-refractivity contribution in [3.05, 3.63) is 59.7 Å². The minimum Gasteiger partial charge on any atom is -0.494 e. The van der Waals surface area contributed by atoms with Crippen molar-refractivity contribution in [1.29, 1.82) is 0 Å². The van der Waals surface area contributed by atoms with Crippen molar-refractivity contribution < 1.29 is 9.47 Å². The van der Waals surface area contributed by atoms with Crippen molar-refractivity contribution in [2.75, 3.05) is 24.7 Å². The van der Waals surface area contributed by atoms with E-state index < -0.39 is 0 Å². The molecule has 0 saturated carbocycles. The number of hydrogen-bond donors (Lipinski definition) is 2. The topological polar surface area (TPSA) is 18.5 Å². The molecule has 4 heteroatoms. The fourth-order valence-electron chi connectivity index (χ4n) is 2.15. The van der Waals surface area contributed by atoms with Crippen molar-refractivity contribution in [1.82, 2.24) is 0 Å². The number of benzene rings is 2. The van der Waals surface area contributed by atoms with E-state index in [1.54, 1.807) is 0 Å². The predicted octanol–water partition coefficient (Wildman–Crippen LogP) is 4.67. The van der Waals surface area contributed by atoms with Crippen molar-refractivity contribution in [2.45, 2.75) is 19.3 Å². The molecule has 0 aliphatic carbocycles. The van der Waals surface area contributed by atoms with Crippen LogP contribution in [0.4, 0.5) is 0 Å². The van der Waals surface area contributed by atoms with E-state index in [1.165, 1.54) is 11.1 Å². The molecule has 0 saturated heterocycles. The van der Waals surface area contributed by atoms with Crippen LogP contribution in [0.15, 0.2) is 48.5 Å². The predicted molar refractivity (Wildman–Crippen MR) is 104 cm³/mol. The molecule has 0 aromatic heterocycles. The highest BCUT2D eigenvalue weighted by atomic mass is 32.1. The minimum atomic E-state index is 0.720. The molecule has 0 bridgehead atoms. The first-order valence-electron chi connectivity index (χ1n) is 7.97. The van der Waals surface area contributed by atoms with Gasteiger partial charge in [0, 0.05) is 0 Å². The van der Waals surface area contributed by atoms with Gasteiger partial charge >= 0.3 is 0 Å². The molecule has 0 aliphatic heterocycles. The van der Waals surface area contributed by atoms with Crippen molar-refractivity contribution >= 4 is 25.3 Å². The Hall–Kier alpha value is -1.26. The molecule has 0 radical (unpaired) electrons. The van der Waals surface area contributed by atoms with Gasteiger partial charge in [-0.1, -0.05) is 24.3 Å². The van der Waals surface area contributed by atoms with Crippen LogP contribution in [0.3, 0.4) is 0 Å². The van der Waals surface area contributed by atoms with Gasteiger partial charge in [-0.15, -0.1) is 0 Å². The highest BCUT2D eigenvalue weighted by Crippen LogP contribution is 2.18. The lowest BCUT2D eigenvalue weighted by atomic mass is 10.0. The summed E-state index contributed by atoms with van der Waals surface area (Å²) in [6.07, 6.45) is 2.84. The summed E-state index contributed by atoms with van der Waals surface area (Å²) in [6, 6.07) is 16.6. The van der Waals surface area contributed by atoms with Gasteiger partial charge < -0.3 is 9.47 Å². The molecule has 0 heterocycles. The molecule has 0 amide bonds. The van der Waals surface area contributed by atoms with E-state index in [0.29, 0.717) is 0 Å². The third kappa shape index (κ3) is 6.80. The summed E-state index contributed by atoms with van der Waals surface area (Å²) in [5.74, 6) is 3.55. The number of hydrogen-bond acceptors (Lipinski definition) is 4. The first-order valence-corrected chi connectivity index (χ1v) is 9.23. The molecule has 0 N–H and O–H groups in total. The van der Waals surface area contributed by atoms with Crippen molar-refractivity contribution in [3.8, 4) is 11.5 Å². The second kappa shape index (κ2) is 10.5. The summed E-state index contributed by atoms with van der Waals surface area (Å²) in [6.45, 7) is 1.44. The maximum atomic E-state index is 5.64. The number of thiol groups is 2. The Morgan fingerprint density at radius 2 is 1.00 bits per heavy atom. The Morgan fingerprint density at radius 3 is 1.35 bits per heavy atom. The Kier molecular flexibility index (Phi) is 8.26. The van der Waals surface area contributed by atoms with Crippen LogP contribution in [0.2, 0.25) is 0 Å². The average molecular weight is 349 g/mol. The van der Waals surface area contributed by atoms with E-state index >= 15 is 0 Å². The zero-order chi connectivity index (χ0) is 16.3. The van der Waals surface area contributed by atoms with Crippen LogP contribution >= 0.6 is 25.3 Å². The molecule has 2 aromatic rings. The quantitative estimate of drug-likeness (QED) is 0.480. The van der Waals surface area contributed by atoms with Crippen LogP contribution < -0.4 is 9.47 Å². The molecule has 0 atom stereocenters. The second-order valence-corrected chi connectivity index (χ2v) is 6.21. The molecule has 2 rings (SSSR count). The highest BCUT2D eigenvalue weighted by molar-refractivity contribution is 7.80. The van der Waals surface area contributed by atoms with E-state index in [2.05, 4.69) is 49.5 Å². The van der Waals surface area contributed by atoms with Gasteiger partial charge in [0.05, 0.1) is 13.2 Å². The van der Waals surface area contributed by atoms with Crippen LogP contribution in [-0.2, 0) is 6.42 Å². The van der Waals surface area contributed by atoms with Gasteiger partial charge in [-0.3, -0.25) is 0 Å². The van der Waals surface area contributed by atoms with E-state index in [-0.39, 0.29) is 0 Å². The van der Waals surface area contributed by atoms with Gasteiger partial charge in [0.1, 0.15) is 11.5 Å². The molecule has 0 fully saturated rings. The fraction of sp³-hybridized carbons (Fsp3) is 0.368. The molecule has 23 heavy (non-hydrogen) atoms. The molecule has 0 aliphatic rings. The van der Waals surface area contributed by atoms with Crippen molar-refractivity contribution in [3.63, 3.8) is 0 Å². The van der Waals surface area contributed by atoms with E-state index in [0.717, 1.165) is 55.5 Å². The van der Waals surface area contributed by atoms with E-state index in [1.807, 2.05) is 24.3 Å². The third-order valence-corrected chi connectivity index (χ3v) is 4.03. The van der Waals surface area contributed by atoms with E-state index in [4.69, 9.17) is 9.47 Å². The average Bonchev–Trinajstić information content (AvgIpc) is 2.58. The first-order chi connectivity index (χ1) is 11.3.